The number of rotatable bonds is 3. The minimum atomic E-state index is -0.170. The number of anilines is 1. The molecular weight excluding hydrogens is 252 g/mol. The van der Waals surface area contributed by atoms with E-state index in [-0.39, 0.29) is 6.03 Å². The van der Waals surface area contributed by atoms with Gasteiger partial charge in [0.15, 0.2) is 0 Å². The van der Waals surface area contributed by atoms with Crippen molar-refractivity contribution in [3.8, 4) is 17.6 Å². The Morgan fingerprint density at radius 2 is 2.00 bits per heavy atom. The van der Waals surface area contributed by atoms with Crippen LogP contribution in [0.4, 0.5) is 10.5 Å². The van der Waals surface area contributed by atoms with E-state index in [4.69, 9.17) is 16.3 Å². The summed E-state index contributed by atoms with van der Waals surface area (Å²) in [5.74, 6) is 6.46. The SMILES string of the molecule is CN(C)C(=O)Nc1ccc(OCC#CCCl)cc1. The number of nitrogens with zero attached hydrogens (tertiary/aromatic N) is 1. The fourth-order valence-corrected chi connectivity index (χ4v) is 1.18. The Morgan fingerprint density at radius 3 is 2.56 bits per heavy atom. The van der Waals surface area contributed by atoms with Crippen molar-refractivity contribution < 1.29 is 9.53 Å². The van der Waals surface area contributed by atoms with Gasteiger partial charge in [0.25, 0.3) is 0 Å². The zero-order valence-electron chi connectivity index (χ0n) is 10.4. The van der Waals surface area contributed by atoms with Crippen LogP contribution in [-0.2, 0) is 0 Å². The molecule has 0 aliphatic heterocycles. The lowest BCUT2D eigenvalue weighted by Crippen LogP contribution is -2.27. The lowest BCUT2D eigenvalue weighted by atomic mass is 10.3. The minimum absolute atomic E-state index is 0.170. The molecule has 0 bridgehead atoms. The second-order valence-corrected chi connectivity index (χ2v) is 3.89. The summed E-state index contributed by atoms with van der Waals surface area (Å²) in [5.41, 5.74) is 0.716. The van der Waals surface area contributed by atoms with Crippen molar-refractivity contribution >= 4 is 23.3 Å². The van der Waals surface area contributed by atoms with Crippen molar-refractivity contribution in [1.82, 2.24) is 4.90 Å². The molecule has 1 N–H and O–H groups in total. The predicted octanol–water partition coefficient (Wildman–Crippen LogP) is 2.40. The van der Waals surface area contributed by atoms with Crippen molar-refractivity contribution in [2.24, 2.45) is 0 Å². The molecule has 0 fully saturated rings. The summed E-state index contributed by atoms with van der Waals surface area (Å²) in [4.78, 5) is 12.9. The van der Waals surface area contributed by atoms with E-state index < -0.39 is 0 Å². The first-order valence-corrected chi connectivity index (χ1v) is 5.90. The van der Waals surface area contributed by atoms with Gasteiger partial charge in [0.2, 0.25) is 0 Å². The second kappa shape index (κ2) is 7.46. The molecule has 0 saturated heterocycles. The van der Waals surface area contributed by atoms with Gasteiger partial charge in [-0.1, -0.05) is 11.8 Å². The van der Waals surface area contributed by atoms with Crippen LogP contribution in [0.3, 0.4) is 0 Å². The van der Waals surface area contributed by atoms with Crippen molar-refractivity contribution in [1.29, 1.82) is 0 Å². The standard InChI is InChI=1S/C13H15ClN2O2/c1-16(2)13(17)15-11-5-7-12(8-6-11)18-10-4-3-9-14/h5-8H,9-10H2,1-2H3,(H,15,17). The van der Waals surface area contributed by atoms with Crippen molar-refractivity contribution in [3.05, 3.63) is 24.3 Å². The van der Waals surface area contributed by atoms with Crippen molar-refractivity contribution in [3.63, 3.8) is 0 Å². The van der Waals surface area contributed by atoms with Gasteiger partial charge in [-0.15, -0.1) is 11.6 Å². The first-order valence-electron chi connectivity index (χ1n) is 5.36. The predicted molar refractivity (Wildman–Crippen MR) is 73.1 cm³/mol. The number of urea groups is 1. The maximum absolute atomic E-state index is 11.4. The third-order valence-corrected chi connectivity index (χ3v) is 2.15. The highest BCUT2D eigenvalue weighted by atomic mass is 35.5. The van der Waals surface area contributed by atoms with Gasteiger partial charge in [0, 0.05) is 19.8 Å². The summed E-state index contributed by atoms with van der Waals surface area (Å²) in [6.07, 6.45) is 0. The number of amides is 2. The number of hydrogen-bond donors (Lipinski definition) is 1. The molecule has 1 aromatic carbocycles. The molecule has 18 heavy (non-hydrogen) atoms. The van der Waals surface area contributed by atoms with E-state index >= 15 is 0 Å². The maximum Gasteiger partial charge on any atom is 0.321 e. The number of carbonyl (C=O) groups is 1. The number of alkyl halides is 1. The molecule has 4 nitrogen and oxygen atoms in total. The van der Waals surface area contributed by atoms with E-state index in [1.807, 2.05) is 0 Å². The second-order valence-electron chi connectivity index (χ2n) is 3.62. The maximum atomic E-state index is 11.4. The molecule has 0 saturated carbocycles. The Balaban J connectivity index is 2.49. The lowest BCUT2D eigenvalue weighted by molar-refractivity contribution is 0.230. The molecule has 0 aliphatic carbocycles. The Hall–Kier alpha value is -1.86. The molecule has 96 valence electrons. The van der Waals surface area contributed by atoms with Gasteiger partial charge in [0.1, 0.15) is 12.4 Å². The van der Waals surface area contributed by atoms with Crippen LogP contribution in [0.25, 0.3) is 0 Å². The van der Waals surface area contributed by atoms with Crippen LogP contribution in [0.1, 0.15) is 0 Å². The molecule has 0 radical (unpaired) electrons. The third-order valence-electron chi connectivity index (χ3n) is 2.01. The molecule has 0 spiro atoms. The van der Waals surface area contributed by atoms with Gasteiger partial charge in [0.05, 0.1) is 5.88 Å². The molecular formula is C13H15ClN2O2. The monoisotopic (exact) mass is 266 g/mol. The number of hydrogen-bond acceptors (Lipinski definition) is 2. The molecule has 1 aromatic rings. The summed E-state index contributed by atoms with van der Waals surface area (Å²) in [6.45, 7) is 0.302. The van der Waals surface area contributed by atoms with Gasteiger partial charge in [-0.25, -0.2) is 4.79 Å². The van der Waals surface area contributed by atoms with Crippen molar-refractivity contribution in [2.75, 3.05) is 31.9 Å². The highest BCUT2D eigenvalue weighted by molar-refractivity contribution is 6.19. The van der Waals surface area contributed by atoms with Crippen LogP contribution in [-0.4, -0.2) is 37.5 Å². The number of nitrogens with one attached hydrogen (secondary N) is 1. The van der Waals surface area contributed by atoms with E-state index in [1.165, 1.54) is 4.90 Å². The molecule has 0 aromatic heterocycles. The van der Waals surface area contributed by atoms with Gasteiger partial charge in [-0.2, -0.15) is 0 Å². The summed E-state index contributed by atoms with van der Waals surface area (Å²) >= 11 is 5.40. The number of carbonyl (C=O) groups excluding carboxylic acids is 1. The largest absolute Gasteiger partial charge is 0.481 e. The van der Waals surface area contributed by atoms with E-state index in [2.05, 4.69) is 17.2 Å². The summed E-state index contributed by atoms with van der Waals surface area (Å²) in [6, 6.07) is 6.91. The molecule has 2 amide bonds. The molecule has 0 aliphatic rings. The Labute approximate surface area is 112 Å². The fraction of sp³-hybridized carbons (Fsp3) is 0.308. The normalized spacial score (nSPS) is 9.06. The quantitative estimate of drug-likeness (QED) is 0.674. The Morgan fingerprint density at radius 1 is 1.33 bits per heavy atom. The number of ether oxygens (including phenoxy) is 1. The molecule has 0 heterocycles. The summed E-state index contributed by atoms with van der Waals surface area (Å²) in [5, 5.41) is 2.73. The van der Waals surface area contributed by atoms with Gasteiger partial charge < -0.3 is 15.0 Å². The van der Waals surface area contributed by atoms with Crippen LogP contribution in [0, 0.1) is 11.8 Å². The Kier molecular flexibility index (Phi) is 5.89. The first kappa shape index (κ1) is 14.2. The van der Waals surface area contributed by atoms with Crippen LogP contribution < -0.4 is 10.1 Å². The van der Waals surface area contributed by atoms with Crippen LogP contribution in [0.15, 0.2) is 24.3 Å². The van der Waals surface area contributed by atoms with Crippen molar-refractivity contribution in [2.45, 2.75) is 0 Å². The van der Waals surface area contributed by atoms with E-state index in [9.17, 15) is 4.79 Å². The lowest BCUT2D eigenvalue weighted by Gasteiger charge is -2.12. The average Bonchev–Trinajstić information content (AvgIpc) is 2.36. The summed E-state index contributed by atoms with van der Waals surface area (Å²) in [7, 11) is 3.37. The topological polar surface area (TPSA) is 41.6 Å². The smallest absolute Gasteiger partial charge is 0.321 e. The summed E-state index contributed by atoms with van der Waals surface area (Å²) < 4.78 is 5.36. The highest BCUT2D eigenvalue weighted by Crippen LogP contribution is 2.15. The zero-order chi connectivity index (χ0) is 13.4. The van der Waals surface area contributed by atoms with E-state index in [1.54, 1.807) is 38.4 Å². The Bertz CT molecular complexity index is 446. The van der Waals surface area contributed by atoms with Gasteiger partial charge >= 0.3 is 6.03 Å². The number of benzene rings is 1. The molecule has 0 unspecified atom stereocenters. The third kappa shape index (κ3) is 4.98. The fourth-order valence-electron chi connectivity index (χ4n) is 1.09. The van der Waals surface area contributed by atoms with Crippen LogP contribution in [0.2, 0.25) is 0 Å². The van der Waals surface area contributed by atoms with E-state index in [0.29, 0.717) is 23.9 Å². The first-order chi connectivity index (χ1) is 8.63. The van der Waals surface area contributed by atoms with Crippen LogP contribution in [0.5, 0.6) is 5.75 Å². The van der Waals surface area contributed by atoms with E-state index in [0.717, 1.165) is 0 Å². The van der Waals surface area contributed by atoms with Gasteiger partial charge in [-0.05, 0) is 24.3 Å². The molecule has 0 atom stereocenters. The zero-order valence-corrected chi connectivity index (χ0v) is 11.1. The minimum Gasteiger partial charge on any atom is -0.481 e. The number of halogens is 1. The highest BCUT2D eigenvalue weighted by Gasteiger charge is 2.03. The molecule has 1 rings (SSSR count). The van der Waals surface area contributed by atoms with Gasteiger partial charge in [-0.3, -0.25) is 0 Å². The van der Waals surface area contributed by atoms with Crippen LogP contribution >= 0.6 is 11.6 Å². The molecule has 5 heteroatoms. The average molecular weight is 267 g/mol.